The van der Waals surface area contributed by atoms with Crippen molar-refractivity contribution in [3.63, 3.8) is 0 Å². The molecule has 25 heavy (non-hydrogen) atoms. The lowest BCUT2D eigenvalue weighted by atomic mass is 9.74. The van der Waals surface area contributed by atoms with Gasteiger partial charge in [-0.2, -0.15) is 0 Å². The summed E-state index contributed by atoms with van der Waals surface area (Å²) in [5, 5.41) is 3.15. The zero-order chi connectivity index (χ0) is 19.0. The second-order valence-electron chi connectivity index (χ2n) is 7.78. The highest BCUT2D eigenvalue weighted by molar-refractivity contribution is 6.56. The molecule has 2 rings (SSSR count). The van der Waals surface area contributed by atoms with Gasteiger partial charge in [-0.3, -0.25) is 4.99 Å². The summed E-state index contributed by atoms with van der Waals surface area (Å²) >= 11 is 0. The minimum Gasteiger partial charge on any atom is -0.399 e. The molecule has 0 aliphatic carbocycles. The summed E-state index contributed by atoms with van der Waals surface area (Å²) in [7, 11) is 2.83. The Balaban J connectivity index is 2.36. The van der Waals surface area contributed by atoms with Crippen LogP contribution in [0.4, 0.5) is 8.78 Å². The van der Waals surface area contributed by atoms with E-state index >= 15 is 0 Å². The van der Waals surface area contributed by atoms with Crippen LogP contribution in [0.2, 0.25) is 0 Å². The van der Waals surface area contributed by atoms with E-state index in [4.69, 9.17) is 9.31 Å². The molecule has 140 valence electrons. The lowest BCUT2D eigenvalue weighted by Crippen LogP contribution is -2.41. The van der Waals surface area contributed by atoms with Gasteiger partial charge in [-0.15, -0.1) is 0 Å². The van der Waals surface area contributed by atoms with E-state index in [9.17, 15) is 8.78 Å². The van der Waals surface area contributed by atoms with Gasteiger partial charge < -0.3 is 19.5 Å². The average molecular weight is 355 g/mol. The lowest BCUT2D eigenvalue weighted by molar-refractivity contribution is 0.00578. The van der Waals surface area contributed by atoms with Gasteiger partial charge in [-0.1, -0.05) is 0 Å². The molecule has 2 aliphatic heterocycles. The normalized spacial score (nSPS) is 28.6. The van der Waals surface area contributed by atoms with Crippen molar-refractivity contribution in [1.82, 2.24) is 10.2 Å². The molecule has 0 aromatic heterocycles. The van der Waals surface area contributed by atoms with E-state index in [2.05, 4.69) is 10.3 Å². The third-order valence-corrected chi connectivity index (χ3v) is 4.91. The predicted octanol–water partition coefficient (Wildman–Crippen LogP) is 2.64. The van der Waals surface area contributed by atoms with Gasteiger partial charge in [-0.25, -0.2) is 8.78 Å². The number of hydrogen-bond donors (Lipinski definition) is 1. The van der Waals surface area contributed by atoms with Crippen LogP contribution in [-0.2, 0) is 9.31 Å². The fourth-order valence-electron chi connectivity index (χ4n) is 2.58. The van der Waals surface area contributed by atoms with Crippen molar-refractivity contribution in [2.75, 3.05) is 14.1 Å². The van der Waals surface area contributed by atoms with Crippen LogP contribution in [0, 0.1) is 0 Å². The molecule has 2 atom stereocenters. The van der Waals surface area contributed by atoms with E-state index in [0.29, 0.717) is 5.47 Å². The zero-order valence-corrected chi connectivity index (χ0v) is 16.0. The van der Waals surface area contributed by atoms with Gasteiger partial charge in [0.1, 0.15) is 0 Å². The maximum absolute atomic E-state index is 13.8. The minimum absolute atomic E-state index is 0.101. The predicted molar refractivity (Wildman–Crippen MR) is 96.8 cm³/mol. The molecule has 2 aliphatic rings. The van der Waals surface area contributed by atoms with E-state index in [0.717, 1.165) is 0 Å². The van der Waals surface area contributed by atoms with Crippen LogP contribution in [0.3, 0.4) is 0 Å². The molecule has 0 saturated carbocycles. The smallest absolute Gasteiger partial charge is 0.399 e. The monoisotopic (exact) mass is 355 g/mol. The highest BCUT2D eigenvalue weighted by Gasteiger charge is 2.53. The van der Waals surface area contributed by atoms with Crippen molar-refractivity contribution >= 4 is 13.5 Å². The summed E-state index contributed by atoms with van der Waals surface area (Å²) in [5.41, 5.74) is -0.961. The zero-order valence-electron chi connectivity index (χ0n) is 16.0. The molecule has 1 saturated heterocycles. The largest absolute Gasteiger partial charge is 0.496 e. The second-order valence-corrected chi connectivity index (χ2v) is 7.78. The van der Waals surface area contributed by atoms with Crippen LogP contribution in [0.15, 0.2) is 28.3 Å². The standard InChI is InChI=1S/C17H28BF2N3O2/c1-11-14(22-10-23(6)7)8-12(15(19)20)13(9-21-11)18-24-16(2,3)17(4,5)25-18/h8-11,14-15,21H,1-7H3/b22-10+. The molecular formula is C17H28BF2N3O2. The van der Waals surface area contributed by atoms with E-state index < -0.39 is 30.8 Å². The van der Waals surface area contributed by atoms with Gasteiger partial charge in [0.2, 0.25) is 0 Å². The first-order valence-electron chi connectivity index (χ1n) is 8.46. The molecule has 0 radical (unpaired) electrons. The number of alkyl halides is 2. The minimum atomic E-state index is -2.64. The Labute approximate surface area is 149 Å². The summed E-state index contributed by atoms with van der Waals surface area (Å²) in [6.07, 6.45) is 2.07. The Morgan fingerprint density at radius 1 is 1.24 bits per heavy atom. The van der Waals surface area contributed by atoms with Gasteiger partial charge in [0.25, 0.3) is 6.43 Å². The van der Waals surface area contributed by atoms with Crippen molar-refractivity contribution in [2.45, 2.75) is 64.3 Å². The molecule has 8 heteroatoms. The summed E-state index contributed by atoms with van der Waals surface area (Å²) in [4.78, 5) is 6.16. The van der Waals surface area contributed by atoms with Crippen molar-refractivity contribution in [3.8, 4) is 0 Å². The fraction of sp³-hybridized carbons (Fsp3) is 0.706. The van der Waals surface area contributed by atoms with Gasteiger partial charge in [0, 0.05) is 31.2 Å². The summed E-state index contributed by atoms with van der Waals surface area (Å²) < 4.78 is 39.5. The number of nitrogens with zero attached hydrogens (tertiary/aromatic N) is 2. The Hall–Kier alpha value is -1.41. The maximum atomic E-state index is 13.8. The van der Waals surface area contributed by atoms with Crippen LogP contribution >= 0.6 is 0 Å². The van der Waals surface area contributed by atoms with Crippen LogP contribution in [-0.4, -0.2) is 62.2 Å². The summed E-state index contributed by atoms with van der Waals surface area (Å²) in [6, 6.07) is -0.549. The Bertz CT molecular complexity index is 572. The first kappa shape index (κ1) is 19.9. The number of aliphatic imine (C=N–C) groups is 1. The molecule has 0 bridgehead atoms. The third-order valence-electron chi connectivity index (χ3n) is 4.91. The van der Waals surface area contributed by atoms with Gasteiger partial charge in [0.05, 0.1) is 23.6 Å². The molecule has 0 amide bonds. The second kappa shape index (κ2) is 7.07. The lowest BCUT2D eigenvalue weighted by Gasteiger charge is -2.32. The molecule has 5 nitrogen and oxygen atoms in total. The topological polar surface area (TPSA) is 46.1 Å². The molecule has 0 aromatic rings. The molecule has 2 unspecified atom stereocenters. The van der Waals surface area contributed by atoms with Crippen LogP contribution in [0.1, 0.15) is 34.6 Å². The molecular weight excluding hydrogens is 327 g/mol. The Kier molecular flexibility index (Phi) is 5.63. The summed E-state index contributed by atoms with van der Waals surface area (Å²) in [6.45, 7) is 9.50. The number of allylic oxidation sites excluding steroid dienone is 2. The highest BCUT2D eigenvalue weighted by Crippen LogP contribution is 2.40. The van der Waals surface area contributed by atoms with Gasteiger partial charge in [0.15, 0.2) is 0 Å². The maximum Gasteiger partial charge on any atom is 0.496 e. The van der Waals surface area contributed by atoms with E-state index in [1.165, 1.54) is 6.08 Å². The number of halogens is 2. The molecule has 0 spiro atoms. The molecule has 2 heterocycles. The number of nitrogens with one attached hydrogen (secondary N) is 1. The third kappa shape index (κ3) is 4.23. The van der Waals surface area contributed by atoms with Gasteiger partial charge >= 0.3 is 7.12 Å². The number of rotatable bonds is 4. The van der Waals surface area contributed by atoms with E-state index in [1.807, 2.05) is 48.7 Å². The van der Waals surface area contributed by atoms with Crippen molar-refractivity contribution < 1.29 is 18.1 Å². The molecule has 1 N–H and O–H groups in total. The van der Waals surface area contributed by atoms with Crippen LogP contribution < -0.4 is 5.32 Å². The van der Waals surface area contributed by atoms with Crippen LogP contribution in [0.5, 0.6) is 0 Å². The van der Waals surface area contributed by atoms with E-state index in [1.54, 1.807) is 17.4 Å². The molecule has 0 aromatic carbocycles. The number of hydrogen-bond acceptors (Lipinski definition) is 4. The first-order valence-corrected chi connectivity index (χ1v) is 8.46. The van der Waals surface area contributed by atoms with Crippen molar-refractivity contribution in [2.24, 2.45) is 4.99 Å². The average Bonchev–Trinajstić information content (AvgIpc) is 2.60. The Morgan fingerprint density at radius 3 is 2.28 bits per heavy atom. The SMILES string of the molecule is CC1NC=C(B2OC(C)(C)C(C)(C)O2)C(C(F)F)=CC1/N=C/N(C)C. The fourth-order valence-corrected chi connectivity index (χ4v) is 2.58. The summed E-state index contributed by atoms with van der Waals surface area (Å²) in [5.74, 6) is 0. The van der Waals surface area contributed by atoms with Crippen molar-refractivity contribution in [1.29, 1.82) is 0 Å². The Morgan fingerprint density at radius 2 is 1.80 bits per heavy atom. The molecule has 1 fully saturated rings. The van der Waals surface area contributed by atoms with Crippen LogP contribution in [0.25, 0.3) is 0 Å². The van der Waals surface area contributed by atoms with Gasteiger partial charge in [-0.05, 0) is 46.9 Å². The first-order chi connectivity index (χ1) is 11.4. The quantitative estimate of drug-likeness (QED) is 0.479. The van der Waals surface area contributed by atoms with E-state index in [-0.39, 0.29) is 11.6 Å². The highest BCUT2D eigenvalue weighted by atomic mass is 19.3. The van der Waals surface area contributed by atoms with Crippen molar-refractivity contribution in [3.05, 3.63) is 23.3 Å².